The van der Waals surface area contributed by atoms with Gasteiger partial charge >= 0.3 is 0 Å². The van der Waals surface area contributed by atoms with Gasteiger partial charge in [-0.3, -0.25) is 5.32 Å². The summed E-state index contributed by atoms with van der Waals surface area (Å²) in [5, 5.41) is 3.46. The van der Waals surface area contributed by atoms with Crippen LogP contribution < -0.4 is 5.32 Å². The third-order valence-corrected chi connectivity index (χ3v) is 2.05. The number of terminal acetylenes is 1. The molecule has 1 nitrogen and oxygen atoms in total. The van der Waals surface area contributed by atoms with Gasteiger partial charge in [0.15, 0.2) is 0 Å². The molecule has 1 N–H and O–H groups in total. The number of hydrogen-bond acceptors (Lipinski definition) is 1. The van der Waals surface area contributed by atoms with Crippen LogP contribution in [0.4, 0.5) is 0 Å². The molecule has 0 saturated heterocycles. The Morgan fingerprint density at radius 2 is 2.00 bits per heavy atom. The van der Waals surface area contributed by atoms with Gasteiger partial charge in [0, 0.05) is 5.54 Å². The second-order valence-electron chi connectivity index (χ2n) is 3.91. The van der Waals surface area contributed by atoms with Crippen LogP contribution in [0.3, 0.4) is 0 Å². The lowest BCUT2D eigenvalue weighted by Crippen LogP contribution is -2.44. The summed E-state index contributed by atoms with van der Waals surface area (Å²) in [4.78, 5) is 0. The molecular weight excluding hydrogens is 146 g/mol. The van der Waals surface area contributed by atoms with Gasteiger partial charge in [-0.2, -0.15) is 0 Å². The Morgan fingerprint density at radius 3 is 2.33 bits per heavy atom. The maximum Gasteiger partial charge on any atom is 0.0688 e. The van der Waals surface area contributed by atoms with Crippen molar-refractivity contribution in [2.24, 2.45) is 0 Å². The third-order valence-electron chi connectivity index (χ3n) is 2.05. The van der Waals surface area contributed by atoms with E-state index in [1.165, 1.54) is 12.8 Å². The lowest BCUT2D eigenvalue weighted by molar-refractivity contribution is 0.335. The zero-order chi connectivity index (χ0) is 9.61. The van der Waals surface area contributed by atoms with Gasteiger partial charge in [-0.1, -0.05) is 26.2 Å². The van der Waals surface area contributed by atoms with Gasteiger partial charge in [-0.05, 0) is 26.7 Å². The summed E-state index contributed by atoms with van der Waals surface area (Å²) in [5.74, 6) is 2.76. The van der Waals surface area contributed by atoms with Crippen LogP contribution in [0.25, 0.3) is 0 Å². The molecule has 0 aromatic rings. The van der Waals surface area contributed by atoms with Gasteiger partial charge in [0.05, 0.1) is 6.04 Å². The van der Waals surface area contributed by atoms with Crippen molar-refractivity contribution in [1.29, 1.82) is 0 Å². The average molecular weight is 167 g/mol. The maximum atomic E-state index is 5.37. The molecule has 1 unspecified atom stereocenters. The van der Waals surface area contributed by atoms with Gasteiger partial charge in [-0.25, -0.2) is 0 Å². The third kappa shape index (κ3) is 4.41. The average Bonchev–Trinajstić information content (AvgIpc) is 2.00. The van der Waals surface area contributed by atoms with Crippen molar-refractivity contribution >= 4 is 0 Å². The summed E-state index contributed by atoms with van der Waals surface area (Å²) in [6.45, 7) is 8.72. The van der Waals surface area contributed by atoms with Crippen molar-refractivity contribution in [3.05, 3.63) is 0 Å². The van der Waals surface area contributed by atoms with E-state index in [1.54, 1.807) is 0 Å². The van der Waals surface area contributed by atoms with Crippen molar-refractivity contribution < 1.29 is 0 Å². The summed E-state index contributed by atoms with van der Waals surface area (Å²) in [5.41, 5.74) is 0.182. The lowest BCUT2D eigenvalue weighted by Gasteiger charge is -2.29. The second kappa shape index (κ2) is 5.22. The highest BCUT2D eigenvalue weighted by Gasteiger charge is 2.18. The van der Waals surface area contributed by atoms with E-state index in [4.69, 9.17) is 6.42 Å². The second-order valence-corrected chi connectivity index (χ2v) is 3.91. The van der Waals surface area contributed by atoms with Crippen LogP contribution in [0, 0.1) is 12.3 Å². The number of hydrogen-bond donors (Lipinski definition) is 1. The minimum atomic E-state index is 0.182. The molecule has 0 rings (SSSR count). The van der Waals surface area contributed by atoms with Crippen molar-refractivity contribution in [1.82, 2.24) is 5.32 Å². The molecule has 0 radical (unpaired) electrons. The first-order valence-corrected chi connectivity index (χ1v) is 4.79. The molecule has 0 amide bonds. The van der Waals surface area contributed by atoms with Crippen molar-refractivity contribution in [2.45, 2.75) is 58.5 Å². The topological polar surface area (TPSA) is 12.0 Å². The van der Waals surface area contributed by atoms with Crippen LogP contribution in [0.5, 0.6) is 0 Å². The van der Waals surface area contributed by atoms with Crippen LogP contribution >= 0.6 is 0 Å². The molecule has 12 heavy (non-hydrogen) atoms. The molecule has 0 aliphatic rings. The monoisotopic (exact) mass is 167 g/mol. The Balaban J connectivity index is 3.95. The van der Waals surface area contributed by atoms with E-state index >= 15 is 0 Å². The smallest absolute Gasteiger partial charge is 0.0688 e. The Kier molecular flexibility index (Phi) is 5.01. The zero-order valence-corrected chi connectivity index (χ0v) is 8.78. The fraction of sp³-hybridized carbons (Fsp3) is 0.818. The SMILES string of the molecule is C#CC(CC)NC(C)(C)CCC. The van der Waals surface area contributed by atoms with Crippen LogP contribution in [0.1, 0.15) is 47.0 Å². The summed E-state index contributed by atoms with van der Waals surface area (Å²) in [6.07, 6.45) is 8.74. The maximum absolute atomic E-state index is 5.37. The molecule has 0 aromatic carbocycles. The molecule has 1 atom stereocenters. The van der Waals surface area contributed by atoms with Crippen LogP contribution in [-0.4, -0.2) is 11.6 Å². The molecule has 0 spiro atoms. The van der Waals surface area contributed by atoms with Gasteiger partial charge < -0.3 is 0 Å². The van der Waals surface area contributed by atoms with E-state index < -0.39 is 0 Å². The molecule has 0 saturated carbocycles. The molecule has 1 heteroatoms. The highest BCUT2D eigenvalue weighted by molar-refractivity contribution is 5.00. The van der Waals surface area contributed by atoms with E-state index in [1.807, 2.05) is 0 Å². The van der Waals surface area contributed by atoms with Crippen molar-refractivity contribution in [2.75, 3.05) is 0 Å². The molecule has 0 fully saturated rings. The van der Waals surface area contributed by atoms with E-state index in [9.17, 15) is 0 Å². The minimum Gasteiger partial charge on any atom is -0.299 e. The minimum absolute atomic E-state index is 0.182. The largest absolute Gasteiger partial charge is 0.299 e. The molecule has 0 heterocycles. The van der Waals surface area contributed by atoms with E-state index in [0.29, 0.717) is 0 Å². The Bertz CT molecular complexity index is 153. The molecule has 0 aliphatic heterocycles. The Morgan fingerprint density at radius 1 is 1.42 bits per heavy atom. The van der Waals surface area contributed by atoms with Gasteiger partial charge in [0.1, 0.15) is 0 Å². The first-order valence-electron chi connectivity index (χ1n) is 4.79. The van der Waals surface area contributed by atoms with E-state index in [2.05, 4.69) is 38.9 Å². The predicted molar refractivity (Wildman–Crippen MR) is 55.0 cm³/mol. The molecule has 0 aromatic heterocycles. The van der Waals surface area contributed by atoms with Crippen LogP contribution in [0.2, 0.25) is 0 Å². The summed E-state index contributed by atoms with van der Waals surface area (Å²) in [6, 6.07) is 0.228. The highest BCUT2D eigenvalue weighted by Crippen LogP contribution is 2.12. The molecule has 0 aliphatic carbocycles. The van der Waals surface area contributed by atoms with Gasteiger partial charge in [-0.15, -0.1) is 6.42 Å². The standard InChI is InChI=1S/C11H21N/c1-6-9-11(4,5)12-10(7-2)8-3/h2,10,12H,6,8-9H2,1,3-5H3. The van der Waals surface area contributed by atoms with Gasteiger partial charge in [0.2, 0.25) is 0 Å². The normalized spacial score (nSPS) is 13.9. The Hall–Kier alpha value is -0.480. The number of rotatable bonds is 5. The lowest BCUT2D eigenvalue weighted by atomic mass is 9.97. The first kappa shape index (κ1) is 11.5. The predicted octanol–water partition coefficient (Wildman–Crippen LogP) is 2.57. The van der Waals surface area contributed by atoms with E-state index in [-0.39, 0.29) is 11.6 Å². The molecular formula is C11H21N. The fourth-order valence-corrected chi connectivity index (χ4v) is 1.43. The highest BCUT2D eigenvalue weighted by atomic mass is 15.0. The summed E-state index contributed by atoms with van der Waals surface area (Å²) >= 11 is 0. The van der Waals surface area contributed by atoms with Gasteiger partial charge in [0.25, 0.3) is 0 Å². The zero-order valence-electron chi connectivity index (χ0n) is 8.78. The molecule has 70 valence electrons. The first-order chi connectivity index (χ1) is 5.55. The quantitative estimate of drug-likeness (QED) is 0.621. The van der Waals surface area contributed by atoms with E-state index in [0.717, 1.165) is 6.42 Å². The van der Waals surface area contributed by atoms with Crippen LogP contribution in [-0.2, 0) is 0 Å². The Labute approximate surface area is 76.9 Å². The summed E-state index contributed by atoms with van der Waals surface area (Å²) < 4.78 is 0. The fourth-order valence-electron chi connectivity index (χ4n) is 1.43. The summed E-state index contributed by atoms with van der Waals surface area (Å²) in [7, 11) is 0. The molecule has 0 bridgehead atoms. The van der Waals surface area contributed by atoms with Crippen molar-refractivity contribution in [3.8, 4) is 12.3 Å². The number of nitrogens with one attached hydrogen (secondary N) is 1. The van der Waals surface area contributed by atoms with Crippen molar-refractivity contribution in [3.63, 3.8) is 0 Å². The van der Waals surface area contributed by atoms with Crippen LogP contribution in [0.15, 0.2) is 0 Å².